The van der Waals surface area contributed by atoms with E-state index in [1.54, 1.807) is 37.0 Å². The summed E-state index contributed by atoms with van der Waals surface area (Å²) in [5, 5.41) is 7.25. The maximum Gasteiger partial charge on any atom is 0.281 e. The molecule has 1 aromatic heterocycles. The van der Waals surface area contributed by atoms with Crippen LogP contribution in [0.3, 0.4) is 0 Å². The van der Waals surface area contributed by atoms with Crippen LogP contribution in [-0.2, 0) is 18.4 Å². The third kappa shape index (κ3) is 4.56. The van der Waals surface area contributed by atoms with Crippen LogP contribution in [0, 0.1) is 30.2 Å². The van der Waals surface area contributed by atoms with Crippen molar-refractivity contribution in [2.45, 2.75) is 13.5 Å². The molecule has 0 saturated carbocycles. The summed E-state index contributed by atoms with van der Waals surface area (Å²) in [6.45, 7) is 1.27. The molecule has 0 radical (unpaired) electrons. The first-order chi connectivity index (χ1) is 16.6. The highest BCUT2D eigenvalue weighted by Crippen LogP contribution is 2.30. The molecule has 2 aromatic carbocycles. The van der Waals surface area contributed by atoms with Gasteiger partial charge >= 0.3 is 0 Å². The monoisotopic (exact) mass is 506 g/mol. The van der Waals surface area contributed by atoms with Crippen LogP contribution in [0.2, 0.25) is 0 Å². The molecule has 12 heteroatoms. The van der Waals surface area contributed by atoms with Gasteiger partial charge in [-0.1, -0.05) is 6.07 Å². The summed E-state index contributed by atoms with van der Waals surface area (Å²) in [7, 11) is 3.09. The number of nitrogens with one attached hydrogen (secondary N) is 1. The molecule has 35 heavy (non-hydrogen) atoms. The fourth-order valence-corrected chi connectivity index (χ4v) is 3.85. The molecule has 0 aliphatic carbocycles. The lowest BCUT2D eigenvalue weighted by Gasteiger charge is -2.13. The van der Waals surface area contributed by atoms with Crippen LogP contribution in [0.5, 0.6) is 11.5 Å². The van der Waals surface area contributed by atoms with Gasteiger partial charge in [-0.05, 0) is 42.9 Å². The predicted molar refractivity (Wildman–Crippen MR) is 123 cm³/mol. The van der Waals surface area contributed by atoms with Crippen molar-refractivity contribution in [2.75, 3.05) is 12.0 Å². The number of benzene rings is 2. The first-order valence-electron chi connectivity index (χ1n) is 10.1. The molecule has 0 bridgehead atoms. The van der Waals surface area contributed by atoms with E-state index in [-0.39, 0.29) is 16.9 Å². The second-order valence-corrected chi connectivity index (χ2v) is 7.95. The molecule has 2 heterocycles. The highest BCUT2D eigenvalue weighted by molar-refractivity contribution is 7.80. The number of amides is 1. The van der Waals surface area contributed by atoms with Gasteiger partial charge < -0.3 is 14.8 Å². The number of hydrogen-bond donors (Lipinski definition) is 1. The molecule has 1 amide bonds. The molecule has 1 fully saturated rings. The Morgan fingerprint density at radius 1 is 1.14 bits per heavy atom. The Hall–Kier alpha value is -3.93. The Kier molecular flexibility index (Phi) is 6.48. The number of halogens is 4. The van der Waals surface area contributed by atoms with E-state index in [0.29, 0.717) is 28.3 Å². The summed E-state index contributed by atoms with van der Waals surface area (Å²) in [4.78, 5) is 14.3. The maximum atomic E-state index is 13.9. The van der Waals surface area contributed by atoms with E-state index >= 15 is 0 Å². The number of ether oxygens (including phenoxy) is 2. The number of hydrogen-bond acceptors (Lipinski definition) is 5. The third-order valence-corrected chi connectivity index (χ3v) is 5.45. The largest absolute Gasteiger partial charge is 0.496 e. The van der Waals surface area contributed by atoms with Gasteiger partial charge in [-0.2, -0.15) is 13.9 Å². The first-order valence-corrected chi connectivity index (χ1v) is 10.5. The Balaban J connectivity index is 1.62. The highest BCUT2D eigenvalue weighted by atomic mass is 32.1. The van der Waals surface area contributed by atoms with Gasteiger partial charge in [0.15, 0.2) is 22.5 Å². The summed E-state index contributed by atoms with van der Waals surface area (Å²) in [5.74, 6) is -7.77. The maximum absolute atomic E-state index is 13.9. The minimum atomic E-state index is -1.65. The van der Waals surface area contributed by atoms with Gasteiger partial charge in [-0.3, -0.25) is 9.48 Å². The van der Waals surface area contributed by atoms with Crippen molar-refractivity contribution < 1.29 is 31.8 Å². The average Bonchev–Trinajstić information content (AvgIpc) is 3.28. The molecule has 0 spiro atoms. The summed E-state index contributed by atoms with van der Waals surface area (Å²) in [5.41, 5.74) is 2.13. The van der Waals surface area contributed by atoms with Crippen LogP contribution in [0.15, 0.2) is 36.2 Å². The van der Waals surface area contributed by atoms with Crippen LogP contribution < -0.4 is 19.7 Å². The predicted octanol–water partition coefficient (Wildman–Crippen LogP) is 4.13. The van der Waals surface area contributed by atoms with E-state index in [1.807, 2.05) is 0 Å². The van der Waals surface area contributed by atoms with Crippen molar-refractivity contribution in [3.8, 4) is 11.5 Å². The fourth-order valence-electron chi connectivity index (χ4n) is 3.56. The number of thiocarbonyl (C=S) groups is 1. The molecule has 1 aliphatic rings. The normalized spacial score (nSPS) is 14.6. The van der Waals surface area contributed by atoms with Crippen LogP contribution in [0.25, 0.3) is 6.08 Å². The van der Waals surface area contributed by atoms with Gasteiger partial charge in [-0.15, -0.1) is 0 Å². The topological polar surface area (TPSA) is 68.6 Å². The molecular weight excluding hydrogens is 488 g/mol. The zero-order valence-corrected chi connectivity index (χ0v) is 19.5. The molecule has 0 atom stereocenters. The second-order valence-electron chi connectivity index (χ2n) is 7.56. The standard InChI is InChI=1S/C23H18F4N4O3S/c1-11-17(9-30(2)29-11)31-22(32)16(28-23(31)35)7-12-4-5-18(33-3)13(6-12)10-34-21-19(26)14(24)8-15(25)20(21)27/h4-9H,10H2,1-3H3,(H,28,35)/b16-7+. The lowest BCUT2D eigenvalue weighted by atomic mass is 10.1. The van der Waals surface area contributed by atoms with Crippen molar-refractivity contribution in [2.24, 2.45) is 7.05 Å². The Labute approximate surface area is 202 Å². The van der Waals surface area contributed by atoms with E-state index in [1.165, 1.54) is 24.2 Å². The number of nitrogens with zero attached hydrogens (tertiary/aromatic N) is 3. The Bertz CT molecular complexity index is 1360. The van der Waals surface area contributed by atoms with E-state index in [4.69, 9.17) is 21.7 Å². The van der Waals surface area contributed by atoms with Gasteiger partial charge in [0.2, 0.25) is 11.6 Å². The van der Waals surface area contributed by atoms with Crippen molar-refractivity contribution in [1.29, 1.82) is 0 Å². The van der Waals surface area contributed by atoms with Crippen LogP contribution in [0.1, 0.15) is 16.8 Å². The Morgan fingerprint density at radius 3 is 2.43 bits per heavy atom. The van der Waals surface area contributed by atoms with E-state index < -0.39 is 41.5 Å². The number of carbonyl (C=O) groups is 1. The second kappa shape index (κ2) is 9.37. The van der Waals surface area contributed by atoms with Crippen molar-refractivity contribution in [3.63, 3.8) is 0 Å². The SMILES string of the molecule is COc1ccc(/C=C2/NC(=S)N(c3cn(C)nc3C)C2=O)cc1COc1c(F)c(F)cc(F)c1F. The number of carbonyl (C=O) groups excluding carboxylic acids is 1. The van der Waals surface area contributed by atoms with E-state index in [0.717, 1.165) is 0 Å². The third-order valence-electron chi connectivity index (χ3n) is 5.17. The quantitative estimate of drug-likeness (QED) is 0.235. The van der Waals surface area contributed by atoms with Crippen LogP contribution >= 0.6 is 12.2 Å². The van der Waals surface area contributed by atoms with E-state index in [9.17, 15) is 22.4 Å². The molecular formula is C23H18F4N4O3S. The molecule has 1 N–H and O–H groups in total. The van der Waals surface area contributed by atoms with Gasteiger partial charge in [-0.25, -0.2) is 13.7 Å². The summed E-state index contributed by atoms with van der Waals surface area (Å²) in [6.07, 6.45) is 3.19. The number of aromatic nitrogens is 2. The molecule has 4 rings (SSSR count). The molecule has 3 aromatic rings. The number of anilines is 1. The van der Waals surface area contributed by atoms with Crippen molar-refractivity contribution in [3.05, 3.63) is 76.2 Å². The summed E-state index contributed by atoms with van der Waals surface area (Å²) < 4.78 is 66.7. The summed E-state index contributed by atoms with van der Waals surface area (Å²) >= 11 is 5.31. The Morgan fingerprint density at radius 2 is 1.83 bits per heavy atom. The van der Waals surface area contributed by atoms with Gasteiger partial charge in [0.05, 0.1) is 18.5 Å². The lowest BCUT2D eigenvalue weighted by Crippen LogP contribution is -2.30. The molecule has 1 aliphatic heterocycles. The number of aryl methyl sites for hydroxylation is 2. The lowest BCUT2D eigenvalue weighted by molar-refractivity contribution is -0.113. The summed E-state index contributed by atoms with van der Waals surface area (Å²) in [6, 6.07) is 4.81. The molecule has 182 valence electrons. The fraction of sp³-hybridized carbons (Fsp3) is 0.174. The molecule has 7 nitrogen and oxygen atoms in total. The number of methoxy groups -OCH3 is 1. The highest BCUT2D eigenvalue weighted by Gasteiger charge is 2.34. The number of rotatable bonds is 6. The van der Waals surface area contributed by atoms with Crippen molar-refractivity contribution >= 4 is 35.0 Å². The molecule has 1 saturated heterocycles. The van der Waals surface area contributed by atoms with Gasteiger partial charge in [0, 0.05) is 24.9 Å². The van der Waals surface area contributed by atoms with E-state index in [2.05, 4.69) is 10.4 Å². The van der Waals surface area contributed by atoms with Crippen LogP contribution in [-0.4, -0.2) is 27.9 Å². The zero-order valence-electron chi connectivity index (χ0n) is 18.7. The smallest absolute Gasteiger partial charge is 0.281 e. The van der Waals surface area contributed by atoms with Crippen molar-refractivity contribution in [1.82, 2.24) is 15.1 Å². The van der Waals surface area contributed by atoms with Crippen LogP contribution in [0.4, 0.5) is 23.2 Å². The minimum absolute atomic E-state index is 0.0945. The minimum Gasteiger partial charge on any atom is -0.496 e. The van der Waals surface area contributed by atoms with Gasteiger partial charge in [0.25, 0.3) is 5.91 Å². The first kappa shape index (κ1) is 24.2. The average molecular weight is 506 g/mol. The molecule has 0 unspecified atom stereocenters. The van der Waals surface area contributed by atoms with Gasteiger partial charge in [0.1, 0.15) is 18.1 Å². The zero-order chi connectivity index (χ0) is 25.4.